The SMILES string of the molecule is CC1Cc2cc(C(F)(F)F)ccc2S(O)(O)N(Cc2cccc(-n3ncc(C(=O)O)c3C3CC3c3cnn(C)c3)c2)C1. The molecule has 1 saturated carbocycles. The fourth-order valence-electron chi connectivity index (χ4n) is 5.94. The molecule has 0 amide bonds. The molecule has 6 rings (SSSR count). The Morgan fingerprint density at radius 2 is 1.88 bits per heavy atom. The summed E-state index contributed by atoms with van der Waals surface area (Å²) in [6.45, 7) is 2.24. The van der Waals surface area contributed by atoms with E-state index in [1.54, 1.807) is 21.6 Å². The van der Waals surface area contributed by atoms with E-state index in [4.69, 9.17) is 0 Å². The molecule has 42 heavy (non-hydrogen) atoms. The third kappa shape index (κ3) is 5.21. The number of carbonyl (C=O) groups is 1. The molecule has 0 bridgehead atoms. The van der Waals surface area contributed by atoms with Crippen LogP contribution in [-0.4, -0.2) is 50.6 Å². The van der Waals surface area contributed by atoms with Crippen LogP contribution in [0.15, 0.2) is 66.0 Å². The number of aryl methyl sites for hydroxylation is 1. The number of carboxylic acid groups (broad SMARTS) is 1. The molecule has 0 saturated heterocycles. The molecule has 0 spiro atoms. The molecule has 4 aromatic rings. The van der Waals surface area contributed by atoms with Crippen molar-refractivity contribution < 1.29 is 32.2 Å². The van der Waals surface area contributed by atoms with Crippen LogP contribution in [-0.2, 0) is 26.2 Å². The van der Waals surface area contributed by atoms with Gasteiger partial charge in [0.25, 0.3) is 0 Å². The highest BCUT2D eigenvalue weighted by Crippen LogP contribution is 2.57. The summed E-state index contributed by atoms with van der Waals surface area (Å²) in [6, 6.07) is 10.3. The van der Waals surface area contributed by atoms with Gasteiger partial charge in [0.2, 0.25) is 0 Å². The topological polar surface area (TPSA) is 117 Å². The van der Waals surface area contributed by atoms with Crippen LogP contribution >= 0.6 is 10.8 Å². The first-order valence-electron chi connectivity index (χ1n) is 13.5. The first-order valence-corrected chi connectivity index (χ1v) is 15.0. The molecule has 222 valence electrons. The van der Waals surface area contributed by atoms with E-state index < -0.39 is 28.5 Å². The zero-order chi connectivity index (χ0) is 30.0. The van der Waals surface area contributed by atoms with E-state index in [9.17, 15) is 32.2 Å². The minimum atomic E-state index is -4.53. The molecule has 13 heteroatoms. The van der Waals surface area contributed by atoms with Crippen LogP contribution in [0.3, 0.4) is 0 Å². The van der Waals surface area contributed by atoms with Crippen LogP contribution in [0.1, 0.15) is 63.5 Å². The second kappa shape index (κ2) is 10.3. The lowest BCUT2D eigenvalue weighted by molar-refractivity contribution is -0.137. The van der Waals surface area contributed by atoms with Gasteiger partial charge in [-0.2, -0.15) is 27.7 Å². The number of benzene rings is 2. The number of hydrogen-bond acceptors (Lipinski definition) is 6. The monoisotopic (exact) mass is 601 g/mol. The highest BCUT2D eigenvalue weighted by atomic mass is 32.3. The number of halogens is 3. The van der Waals surface area contributed by atoms with Gasteiger partial charge in [0.15, 0.2) is 0 Å². The van der Waals surface area contributed by atoms with E-state index in [0.717, 1.165) is 24.1 Å². The van der Waals surface area contributed by atoms with Gasteiger partial charge in [0, 0.05) is 32.3 Å². The van der Waals surface area contributed by atoms with E-state index >= 15 is 0 Å². The zero-order valence-corrected chi connectivity index (χ0v) is 23.7. The number of rotatable bonds is 6. The molecule has 1 aliphatic carbocycles. The molecule has 3 unspecified atom stereocenters. The summed E-state index contributed by atoms with van der Waals surface area (Å²) in [5, 5.41) is 18.5. The van der Waals surface area contributed by atoms with Gasteiger partial charge in [-0.3, -0.25) is 13.8 Å². The third-order valence-electron chi connectivity index (χ3n) is 7.97. The molecule has 1 aliphatic heterocycles. The lowest BCUT2D eigenvalue weighted by Crippen LogP contribution is -2.30. The number of hydrogen-bond donors (Lipinski definition) is 3. The van der Waals surface area contributed by atoms with E-state index in [-0.39, 0.29) is 53.3 Å². The molecule has 9 nitrogen and oxygen atoms in total. The van der Waals surface area contributed by atoms with Crippen molar-refractivity contribution in [3.05, 3.63) is 94.6 Å². The minimum absolute atomic E-state index is 0.0528. The summed E-state index contributed by atoms with van der Waals surface area (Å²) in [5.74, 6) is -1.13. The Morgan fingerprint density at radius 3 is 2.57 bits per heavy atom. The van der Waals surface area contributed by atoms with Gasteiger partial charge in [-0.15, -0.1) is 10.8 Å². The largest absolute Gasteiger partial charge is 0.478 e. The summed E-state index contributed by atoms with van der Waals surface area (Å²) < 4.78 is 67.6. The van der Waals surface area contributed by atoms with Gasteiger partial charge < -0.3 is 5.11 Å². The van der Waals surface area contributed by atoms with Gasteiger partial charge in [-0.25, -0.2) is 9.48 Å². The fraction of sp³-hybridized carbons (Fsp3) is 0.345. The third-order valence-corrected chi connectivity index (χ3v) is 9.96. The highest BCUT2D eigenvalue weighted by Gasteiger charge is 2.45. The highest BCUT2D eigenvalue weighted by molar-refractivity contribution is 8.22. The van der Waals surface area contributed by atoms with E-state index in [0.29, 0.717) is 16.9 Å². The van der Waals surface area contributed by atoms with Gasteiger partial charge in [0.05, 0.1) is 34.2 Å². The number of fused-ring (bicyclic) bond motifs is 1. The smallest absolute Gasteiger partial charge is 0.416 e. The molecular formula is C29H30F3N5O4S. The predicted octanol–water partition coefficient (Wildman–Crippen LogP) is 6.31. The Balaban J connectivity index is 1.31. The van der Waals surface area contributed by atoms with Crippen LogP contribution in [0.4, 0.5) is 13.2 Å². The fourth-order valence-corrected chi connectivity index (χ4v) is 7.75. The summed E-state index contributed by atoms with van der Waals surface area (Å²) in [4.78, 5) is 12.2. The number of nitrogens with zero attached hydrogens (tertiary/aromatic N) is 5. The van der Waals surface area contributed by atoms with Crippen molar-refractivity contribution in [1.29, 1.82) is 0 Å². The Hall–Kier alpha value is -3.65. The molecule has 2 aromatic carbocycles. The van der Waals surface area contributed by atoms with Gasteiger partial charge in [-0.1, -0.05) is 19.1 Å². The van der Waals surface area contributed by atoms with Crippen LogP contribution in [0, 0.1) is 5.92 Å². The maximum atomic E-state index is 13.4. The molecule has 2 aliphatic rings. The van der Waals surface area contributed by atoms with Crippen molar-refractivity contribution in [3.63, 3.8) is 0 Å². The molecule has 3 N–H and O–H groups in total. The quantitative estimate of drug-likeness (QED) is 0.237. The summed E-state index contributed by atoms with van der Waals surface area (Å²) in [5.41, 5.74) is 2.56. The Kier molecular flexibility index (Phi) is 6.96. The minimum Gasteiger partial charge on any atom is -0.478 e. The normalized spacial score (nSPS) is 22.8. The van der Waals surface area contributed by atoms with Crippen molar-refractivity contribution in [1.82, 2.24) is 23.9 Å². The second-order valence-electron chi connectivity index (χ2n) is 11.2. The lowest BCUT2D eigenvalue weighted by atomic mass is 9.99. The molecule has 3 atom stereocenters. The number of aromatic carboxylic acids is 1. The van der Waals surface area contributed by atoms with E-state index in [1.165, 1.54) is 16.6 Å². The second-order valence-corrected chi connectivity index (χ2v) is 13.2. The van der Waals surface area contributed by atoms with Gasteiger partial charge in [0.1, 0.15) is 5.56 Å². The van der Waals surface area contributed by atoms with Crippen LogP contribution in [0.25, 0.3) is 5.69 Å². The first-order chi connectivity index (χ1) is 19.8. The van der Waals surface area contributed by atoms with Crippen molar-refractivity contribution in [2.75, 3.05) is 6.54 Å². The molecule has 0 radical (unpaired) electrons. The Morgan fingerprint density at radius 1 is 1.10 bits per heavy atom. The molecule has 2 aromatic heterocycles. The zero-order valence-electron chi connectivity index (χ0n) is 22.9. The van der Waals surface area contributed by atoms with Gasteiger partial charge >= 0.3 is 12.1 Å². The van der Waals surface area contributed by atoms with E-state index in [2.05, 4.69) is 10.2 Å². The van der Waals surface area contributed by atoms with Crippen molar-refractivity contribution in [3.8, 4) is 5.69 Å². The van der Waals surface area contributed by atoms with E-state index in [1.807, 2.05) is 38.4 Å². The maximum absolute atomic E-state index is 13.4. The van der Waals surface area contributed by atoms with Crippen LogP contribution in [0.5, 0.6) is 0 Å². The Labute approximate surface area is 241 Å². The molecular weight excluding hydrogens is 571 g/mol. The Bertz CT molecular complexity index is 1670. The van der Waals surface area contributed by atoms with Crippen molar-refractivity contribution >= 4 is 16.7 Å². The number of carboxylic acids is 1. The predicted molar refractivity (Wildman–Crippen MR) is 150 cm³/mol. The average Bonchev–Trinajstić information content (AvgIpc) is 3.39. The van der Waals surface area contributed by atoms with Crippen molar-refractivity contribution in [2.45, 2.75) is 49.2 Å². The standard InChI is InChI=1S/C29H30F3N5O4S/c1-17-8-19-10-21(29(30,31)32)6-7-26(19)42(40,41)36(14-17)15-18-4-3-5-22(9-18)37-27(25(13-34-37)28(38)39)24-11-23(24)20-12-33-35(2)16-20/h3-7,9-10,12-13,16-17,23-24,40-41H,8,11,14-15H2,1-2H3,(H,38,39). The van der Waals surface area contributed by atoms with Crippen LogP contribution < -0.4 is 0 Å². The maximum Gasteiger partial charge on any atom is 0.416 e. The molecule has 3 heterocycles. The van der Waals surface area contributed by atoms with Crippen LogP contribution in [0.2, 0.25) is 0 Å². The summed E-state index contributed by atoms with van der Waals surface area (Å²) >= 11 is 0. The lowest BCUT2D eigenvalue weighted by Gasteiger charge is -2.43. The van der Waals surface area contributed by atoms with Gasteiger partial charge in [-0.05, 0) is 71.7 Å². The summed E-state index contributed by atoms with van der Waals surface area (Å²) in [7, 11) is -1.76. The number of alkyl halides is 3. The first kappa shape index (κ1) is 28.5. The average molecular weight is 602 g/mol. The number of aromatic nitrogens is 4. The van der Waals surface area contributed by atoms with Crippen molar-refractivity contribution in [2.24, 2.45) is 13.0 Å². The molecule has 1 fully saturated rings. The summed E-state index contributed by atoms with van der Waals surface area (Å²) in [6.07, 6.45) is 1.57.